The molecule has 1 amide bonds. The second kappa shape index (κ2) is 5.96. The summed E-state index contributed by atoms with van der Waals surface area (Å²) in [6.45, 7) is 0. The molecule has 4 aliphatic carbocycles. The lowest BCUT2D eigenvalue weighted by atomic mass is 9.49. The third-order valence-electron chi connectivity index (χ3n) is 6.27. The highest BCUT2D eigenvalue weighted by molar-refractivity contribution is 6.35. The summed E-state index contributed by atoms with van der Waals surface area (Å²) in [6.07, 6.45) is 6.88. The van der Waals surface area contributed by atoms with Gasteiger partial charge in [0.2, 0.25) is 11.8 Å². The molecule has 1 N–H and O–H groups in total. The van der Waals surface area contributed by atoms with Crippen molar-refractivity contribution in [3.63, 3.8) is 0 Å². The molecule has 0 atom stereocenters. The van der Waals surface area contributed by atoms with Gasteiger partial charge in [-0.05, 0) is 74.5 Å². The highest BCUT2D eigenvalue weighted by Crippen LogP contribution is 2.60. The van der Waals surface area contributed by atoms with Gasteiger partial charge in [0.15, 0.2) is 0 Å². The first kappa shape index (κ1) is 16.6. The van der Waals surface area contributed by atoms with Crippen LogP contribution in [-0.2, 0) is 4.79 Å². The number of nitrogens with one attached hydrogen (secondary N) is 1. The van der Waals surface area contributed by atoms with Crippen molar-refractivity contribution in [2.24, 2.45) is 23.2 Å². The standard InChI is InChI=1S/C19H19Cl2N3O2/c20-14-4-13(5-15(21)6-14)16-23-24-18(26-16)22-17(25)19-7-10-1-11(8-19)3-12(2-10)9-19/h4-6,10-12H,1-3,7-9H2,(H,22,24,25). The van der Waals surface area contributed by atoms with Gasteiger partial charge in [0.1, 0.15) is 0 Å². The first-order valence-electron chi connectivity index (χ1n) is 9.10. The number of nitrogens with zero attached hydrogens (tertiary/aromatic N) is 2. The molecular formula is C19H19Cl2N3O2. The van der Waals surface area contributed by atoms with Gasteiger partial charge in [0.25, 0.3) is 0 Å². The molecule has 4 bridgehead atoms. The lowest BCUT2D eigenvalue weighted by molar-refractivity contribution is -0.140. The zero-order chi connectivity index (χ0) is 17.9. The maximum atomic E-state index is 13.0. The Morgan fingerprint density at radius 3 is 2.15 bits per heavy atom. The van der Waals surface area contributed by atoms with Crippen molar-refractivity contribution in [2.75, 3.05) is 5.32 Å². The SMILES string of the molecule is O=C(Nc1nnc(-c2cc(Cl)cc(Cl)c2)o1)C12CC3CC(CC(C3)C1)C2. The average Bonchev–Trinajstić information content (AvgIpc) is 3.01. The summed E-state index contributed by atoms with van der Waals surface area (Å²) in [4.78, 5) is 13.0. The molecule has 2 aromatic rings. The molecule has 1 heterocycles. The van der Waals surface area contributed by atoms with E-state index in [1.54, 1.807) is 18.2 Å². The maximum Gasteiger partial charge on any atom is 0.322 e. The van der Waals surface area contributed by atoms with E-state index in [9.17, 15) is 4.79 Å². The van der Waals surface area contributed by atoms with Crippen LogP contribution in [0.15, 0.2) is 22.6 Å². The fourth-order valence-electron chi connectivity index (χ4n) is 5.69. The van der Waals surface area contributed by atoms with E-state index in [1.165, 1.54) is 19.3 Å². The van der Waals surface area contributed by atoms with Crippen molar-refractivity contribution in [3.05, 3.63) is 28.2 Å². The van der Waals surface area contributed by atoms with Crippen LogP contribution in [-0.4, -0.2) is 16.1 Å². The van der Waals surface area contributed by atoms with Crippen molar-refractivity contribution in [3.8, 4) is 11.5 Å². The van der Waals surface area contributed by atoms with E-state index >= 15 is 0 Å². The number of carbonyl (C=O) groups excluding carboxylic acids is 1. The molecule has 26 heavy (non-hydrogen) atoms. The first-order chi connectivity index (χ1) is 12.5. The molecule has 4 fully saturated rings. The molecular weight excluding hydrogens is 373 g/mol. The van der Waals surface area contributed by atoms with Crippen molar-refractivity contribution < 1.29 is 9.21 Å². The van der Waals surface area contributed by atoms with Gasteiger partial charge in [-0.15, -0.1) is 5.10 Å². The monoisotopic (exact) mass is 391 g/mol. The zero-order valence-electron chi connectivity index (χ0n) is 14.2. The Balaban J connectivity index is 1.36. The fraction of sp³-hybridized carbons (Fsp3) is 0.526. The number of aromatic nitrogens is 2. The average molecular weight is 392 g/mol. The lowest BCUT2D eigenvalue weighted by Gasteiger charge is -2.55. The molecule has 0 aliphatic heterocycles. The highest BCUT2D eigenvalue weighted by atomic mass is 35.5. The van der Waals surface area contributed by atoms with Crippen LogP contribution < -0.4 is 5.32 Å². The third-order valence-corrected chi connectivity index (χ3v) is 6.71. The predicted octanol–water partition coefficient (Wildman–Crippen LogP) is 5.20. The van der Waals surface area contributed by atoms with E-state index < -0.39 is 0 Å². The smallest absolute Gasteiger partial charge is 0.322 e. The van der Waals surface area contributed by atoms with Gasteiger partial charge in [0, 0.05) is 15.6 Å². The van der Waals surface area contributed by atoms with Crippen molar-refractivity contribution >= 4 is 35.1 Å². The van der Waals surface area contributed by atoms with Gasteiger partial charge < -0.3 is 4.42 Å². The third kappa shape index (κ3) is 2.81. The largest absolute Gasteiger partial charge is 0.403 e. The summed E-state index contributed by atoms with van der Waals surface area (Å²) in [5, 5.41) is 11.9. The van der Waals surface area contributed by atoms with Gasteiger partial charge in [-0.2, -0.15) is 0 Å². The Bertz CT molecular complexity index is 824. The lowest BCUT2D eigenvalue weighted by Crippen LogP contribution is -2.51. The molecule has 1 aromatic heterocycles. The van der Waals surface area contributed by atoms with E-state index in [2.05, 4.69) is 15.5 Å². The first-order valence-corrected chi connectivity index (χ1v) is 9.86. The molecule has 7 heteroatoms. The fourth-order valence-corrected chi connectivity index (χ4v) is 6.21. The van der Waals surface area contributed by atoms with Crippen LogP contribution in [0.25, 0.3) is 11.5 Å². The van der Waals surface area contributed by atoms with Gasteiger partial charge in [-0.1, -0.05) is 28.3 Å². The Morgan fingerprint density at radius 2 is 1.58 bits per heavy atom. The number of carbonyl (C=O) groups is 1. The number of anilines is 1. The minimum atomic E-state index is -0.247. The van der Waals surface area contributed by atoms with Crippen LogP contribution >= 0.6 is 23.2 Å². The number of halogens is 2. The minimum Gasteiger partial charge on any atom is -0.403 e. The number of benzene rings is 1. The molecule has 4 aliphatic rings. The number of amides is 1. The quantitative estimate of drug-likeness (QED) is 0.780. The summed E-state index contributed by atoms with van der Waals surface area (Å²) in [5.74, 6) is 2.45. The van der Waals surface area contributed by atoms with Gasteiger partial charge >= 0.3 is 6.01 Å². The number of hydrogen-bond acceptors (Lipinski definition) is 4. The summed E-state index contributed by atoms with van der Waals surface area (Å²) in [7, 11) is 0. The van der Waals surface area contributed by atoms with E-state index in [0.717, 1.165) is 19.3 Å². The van der Waals surface area contributed by atoms with Crippen LogP contribution in [0.3, 0.4) is 0 Å². The maximum absolute atomic E-state index is 13.0. The molecule has 6 rings (SSSR count). The molecule has 5 nitrogen and oxygen atoms in total. The number of hydrogen-bond donors (Lipinski definition) is 1. The van der Waals surface area contributed by atoms with Crippen molar-refractivity contribution in [2.45, 2.75) is 38.5 Å². The molecule has 0 spiro atoms. The molecule has 0 unspecified atom stereocenters. The van der Waals surface area contributed by atoms with E-state index in [1.807, 2.05) is 0 Å². The molecule has 136 valence electrons. The van der Waals surface area contributed by atoms with E-state index in [-0.39, 0.29) is 23.2 Å². The van der Waals surface area contributed by atoms with Gasteiger partial charge in [-0.3, -0.25) is 10.1 Å². The van der Waals surface area contributed by atoms with Crippen LogP contribution in [0.2, 0.25) is 10.0 Å². The Hall–Kier alpha value is -1.59. The predicted molar refractivity (Wildman–Crippen MR) is 99.0 cm³/mol. The molecule has 0 saturated heterocycles. The second-order valence-corrected chi connectivity index (χ2v) is 9.10. The van der Waals surface area contributed by atoms with Crippen LogP contribution in [0.1, 0.15) is 38.5 Å². The summed E-state index contributed by atoms with van der Waals surface area (Å²) in [6, 6.07) is 5.17. The highest BCUT2D eigenvalue weighted by Gasteiger charge is 2.54. The van der Waals surface area contributed by atoms with Crippen LogP contribution in [0, 0.1) is 23.2 Å². The molecule has 4 saturated carbocycles. The Kier molecular flexibility index (Phi) is 3.80. The van der Waals surface area contributed by atoms with Crippen molar-refractivity contribution in [1.29, 1.82) is 0 Å². The van der Waals surface area contributed by atoms with E-state index in [4.69, 9.17) is 27.6 Å². The van der Waals surface area contributed by atoms with Crippen LogP contribution in [0.4, 0.5) is 6.01 Å². The Morgan fingerprint density at radius 1 is 1.00 bits per heavy atom. The summed E-state index contributed by atoms with van der Waals surface area (Å²) < 4.78 is 5.64. The normalized spacial score (nSPS) is 32.0. The summed E-state index contributed by atoms with van der Waals surface area (Å²) in [5.41, 5.74) is 0.383. The zero-order valence-corrected chi connectivity index (χ0v) is 15.7. The van der Waals surface area contributed by atoms with Crippen molar-refractivity contribution in [1.82, 2.24) is 10.2 Å². The topological polar surface area (TPSA) is 68.0 Å². The van der Waals surface area contributed by atoms with Gasteiger partial charge in [0.05, 0.1) is 5.41 Å². The van der Waals surface area contributed by atoms with Crippen LogP contribution in [0.5, 0.6) is 0 Å². The second-order valence-electron chi connectivity index (χ2n) is 8.22. The Labute approximate surface area is 161 Å². The minimum absolute atomic E-state index is 0.0379. The molecule has 0 radical (unpaired) electrons. The van der Waals surface area contributed by atoms with E-state index in [0.29, 0.717) is 33.4 Å². The summed E-state index contributed by atoms with van der Waals surface area (Å²) >= 11 is 12.0. The number of rotatable bonds is 3. The van der Waals surface area contributed by atoms with Gasteiger partial charge in [-0.25, -0.2) is 0 Å². The molecule has 1 aromatic carbocycles.